The summed E-state index contributed by atoms with van der Waals surface area (Å²) in [4.78, 5) is 12.1. The van der Waals surface area contributed by atoms with Crippen LogP contribution in [0.3, 0.4) is 0 Å². The first-order chi connectivity index (χ1) is 10.3. The van der Waals surface area contributed by atoms with E-state index in [9.17, 15) is 4.79 Å². The Hall–Kier alpha value is -1.11. The molecule has 1 nitrogen and oxygen atoms in total. The van der Waals surface area contributed by atoms with Crippen LogP contribution in [-0.2, 0) is 11.2 Å². The first kappa shape index (κ1) is 16.3. The second-order valence-corrected chi connectivity index (χ2v) is 6.60. The van der Waals surface area contributed by atoms with Crippen molar-refractivity contribution in [3.63, 3.8) is 0 Å². The van der Waals surface area contributed by atoms with E-state index in [-0.39, 0.29) is 0 Å². The standard InChI is InChI=1S/C20H30O/c1-2-3-4-5-9-12-19-18(15-16-20(19)21)14-13-17-10-7-6-8-11-17/h6-8,10-11,18-19H,2-5,9,12-16H2,1H3. The largest absolute Gasteiger partial charge is 0.299 e. The van der Waals surface area contributed by atoms with Gasteiger partial charge in [-0.3, -0.25) is 4.79 Å². The summed E-state index contributed by atoms with van der Waals surface area (Å²) in [6, 6.07) is 10.7. The van der Waals surface area contributed by atoms with Gasteiger partial charge in [0.2, 0.25) is 0 Å². The zero-order valence-corrected chi connectivity index (χ0v) is 13.5. The molecule has 0 bridgehead atoms. The molecule has 1 heteroatoms. The van der Waals surface area contributed by atoms with Gasteiger partial charge in [-0.15, -0.1) is 0 Å². The number of ketones is 1. The fourth-order valence-corrected chi connectivity index (χ4v) is 3.68. The van der Waals surface area contributed by atoms with E-state index in [0.717, 1.165) is 25.7 Å². The van der Waals surface area contributed by atoms with Crippen LogP contribution in [0.4, 0.5) is 0 Å². The summed E-state index contributed by atoms with van der Waals surface area (Å²) in [6.45, 7) is 2.25. The Labute approximate surface area is 130 Å². The minimum Gasteiger partial charge on any atom is -0.299 e. The monoisotopic (exact) mass is 286 g/mol. The number of carbonyl (C=O) groups excluding carboxylic acids is 1. The van der Waals surface area contributed by atoms with Crippen LogP contribution in [0.15, 0.2) is 30.3 Å². The second-order valence-electron chi connectivity index (χ2n) is 6.60. The lowest BCUT2D eigenvalue weighted by Gasteiger charge is -2.18. The summed E-state index contributed by atoms with van der Waals surface area (Å²) in [5, 5.41) is 0. The second kappa shape index (κ2) is 9.02. The van der Waals surface area contributed by atoms with Gasteiger partial charge in [0, 0.05) is 12.3 Å². The number of benzene rings is 1. The van der Waals surface area contributed by atoms with E-state index in [1.165, 1.54) is 44.1 Å². The smallest absolute Gasteiger partial charge is 0.136 e. The topological polar surface area (TPSA) is 17.1 Å². The van der Waals surface area contributed by atoms with Gasteiger partial charge in [-0.1, -0.05) is 69.4 Å². The van der Waals surface area contributed by atoms with Crippen molar-refractivity contribution in [2.75, 3.05) is 0 Å². The van der Waals surface area contributed by atoms with Gasteiger partial charge >= 0.3 is 0 Å². The molecule has 2 atom stereocenters. The maximum Gasteiger partial charge on any atom is 0.136 e. The molecule has 0 saturated heterocycles. The molecule has 1 aliphatic carbocycles. The van der Waals surface area contributed by atoms with Crippen molar-refractivity contribution in [2.45, 2.75) is 71.1 Å². The average Bonchev–Trinajstić information content (AvgIpc) is 2.87. The summed E-state index contributed by atoms with van der Waals surface area (Å²) in [7, 11) is 0. The number of hydrogen-bond donors (Lipinski definition) is 0. The van der Waals surface area contributed by atoms with E-state index in [1.807, 2.05) is 0 Å². The third-order valence-corrected chi connectivity index (χ3v) is 5.01. The highest BCUT2D eigenvalue weighted by molar-refractivity contribution is 5.83. The predicted octanol–water partition coefficient (Wildman–Crippen LogP) is 5.58. The predicted molar refractivity (Wildman–Crippen MR) is 89.4 cm³/mol. The normalized spacial score (nSPS) is 21.9. The molecule has 0 spiro atoms. The lowest BCUT2D eigenvalue weighted by molar-refractivity contribution is -0.121. The number of hydrogen-bond acceptors (Lipinski definition) is 1. The minimum atomic E-state index is 0.371. The number of carbonyl (C=O) groups is 1. The van der Waals surface area contributed by atoms with Crippen LogP contribution in [0.1, 0.15) is 70.3 Å². The van der Waals surface area contributed by atoms with E-state index in [1.54, 1.807) is 0 Å². The summed E-state index contributed by atoms with van der Waals surface area (Å²) in [5.41, 5.74) is 1.42. The van der Waals surface area contributed by atoms with Crippen molar-refractivity contribution >= 4 is 5.78 Å². The van der Waals surface area contributed by atoms with Crippen LogP contribution < -0.4 is 0 Å². The van der Waals surface area contributed by atoms with Crippen molar-refractivity contribution in [3.8, 4) is 0 Å². The zero-order chi connectivity index (χ0) is 14.9. The molecule has 2 rings (SSSR count). The van der Waals surface area contributed by atoms with Crippen molar-refractivity contribution in [2.24, 2.45) is 11.8 Å². The molecule has 1 saturated carbocycles. The first-order valence-corrected chi connectivity index (χ1v) is 8.88. The van der Waals surface area contributed by atoms with Gasteiger partial charge in [-0.05, 0) is 37.2 Å². The van der Waals surface area contributed by atoms with Gasteiger partial charge in [0.05, 0.1) is 0 Å². The fraction of sp³-hybridized carbons (Fsp3) is 0.650. The molecule has 0 aromatic heterocycles. The number of Topliss-reactive ketones (excluding diaryl/α,β-unsaturated/α-hetero) is 1. The van der Waals surface area contributed by atoms with Gasteiger partial charge in [0.15, 0.2) is 0 Å². The third kappa shape index (κ3) is 5.30. The Morgan fingerprint density at radius 3 is 2.52 bits per heavy atom. The molecule has 116 valence electrons. The lowest BCUT2D eigenvalue weighted by atomic mass is 9.86. The summed E-state index contributed by atoms with van der Waals surface area (Å²) >= 11 is 0. The molecule has 1 aromatic carbocycles. The van der Waals surface area contributed by atoms with Crippen molar-refractivity contribution in [3.05, 3.63) is 35.9 Å². The summed E-state index contributed by atoms with van der Waals surface area (Å²) < 4.78 is 0. The summed E-state index contributed by atoms with van der Waals surface area (Å²) in [6.07, 6.45) is 12.0. The van der Waals surface area contributed by atoms with Crippen LogP contribution in [0.5, 0.6) is 0 Å². The molecule has 0 N–H and O–H groups in total. The molecule has 1 fully saturated rings. The summed E-state index contributed by atoms with van der Waals surface area (Å²) in [5.74, 6) is 1.56. The minimum absolute atomic E-state index is 0.371. The molecule has 1 aliphatic rings. The van der Waals surface area contributed by atoms with Gasteiger partial charge < -0.3 is 0 Å². The maximum absolute atomic E-state index is 12.1. The van der Waals surface area contributed by atoms with E-state index < -0.39 is 0 Å². The lowest BCUT2D eigenvalue weighted by Crippen LogP contribution is -2.15. The van der Waals surface area contributed by atoms with Crippen LogP contribution >= 0.6 is 0 Å². The fourth-order valence-electron chi connectivity index (χ4n) is 3.68. The van der Waals surface area contributed by atoms with Gasteiger partial charge in [0.25, 0.3) is 0 Å². The van der Waals surface area contributed by atoms with Gasteiger partial charge in [-0.25, -0.2) is 0 Å². The van der Waals surface area contributed by atoms with Crippen LogP contribution in [0.25, 0.3) is 0 Å². The number of rotatable bonds is 9. The molecule has 0 amide bonds. The number of unbranched alkanes of at least 4 members (excludes halogenated alkanes) is 4. The zero-order valence-electron chi connectivity index (χ0n) is 13.5. The quantitative estimate of drug-likeness (QED) is 0.542. The molecule has 0 radical (unpaired) electrons. The number of aryl methyl sites for hydroxylation is 1. The molecule has 21 heavy (non-hydrogen) atoms. The average molecular weight is 286 g/mol. The highest BCUT2D eigenvalue weighted by atomic mass is 16.1. The van der Waals surface area contributed by atoms with Crippen molar-refractivity contribution in [1.29, 1.82) is 0 Å². The Morgan fingerprint density at radius 1 is 1.00 bits per heavy atom. The molecular formula is C20H30O. The van der Waals surface area contributed by atoms with Gasteiger partial charge in [0.1, 0.15) is 5.78 Å². The van der Waals surface area contributed by atoms with Crippen molar-refractivity contribution in [1.82, 2.24) is 0 Å². The maximum atomic E-state index is 12.1. The van der Waals surface area contributed by atoms with Gasteiger partial charge in [-0.2, -0.15) is 0 Å². The van der Waals surface area contributed by atoms with Crippen LogP contribution in [0.2, 0.25) is 0 Å². The van der Waals surface area contributed by atoms with Crippen LogP contribution in [-0.4, -0.2) is 5.78 Å². The Kier molecular flexibility index (Phi) is 6.99. The highest BCUT2D eigenvalue weighted by Crippen LogP contribution is 2.35. The first-order valence-electron chi connectivity index (χ1n) is 8.88. The van der Waals surface area contributed by atoms with E-state index >= 15 is 0 Å². The van der Waals surface area contributed by atoms with E-state index in [2.05, 4.69) is 37.3 Å². The molecule has 0 heterocycles. The Balaban J connectivity index is 1.74. The Morgan fingerprint density at radius 2 is 1.76 bits per heavy atom. The van der Waals surface area contributed by atoms with E-state index in [4.69, 9.17) is 0 Å². The Bertz CT molecular complexity index is 409. The highest BCUT2D eigenvalue weighted by Gasteiger charge is 2.33. The van der Waals surface area contributed by atoms with E-state index in [0.29, 0.717) is 17.6 Å². The molecule has 0 aliphatic heterocycles. The third-order valence-electron chi connectivity index (χ3n) is 5.01. The molecule has 1 aromatic rings. The molecule has 2 unspecified atom stereocenters. The van der Waals surface area contributed by atoms with Crippen molar-refractivity contribution < 1.29 is 4.79 Å². The van der Waals surface area contributed by atoms with Crippen LogP contribution in [0, 0.1) is 11.8 Å². The molecular weight excluding hydrogens is 256 g/mol. The SMILES string of the molecule is CCCCCCCC1C(=O)CCC1CCc1ccccc1.